The molecule has 17 heavy (non-hydrogen) atoms. The van der Waals surface area contributed by atoms with E-state index in [1.54, 1.807) is 14.4 Å². The van der Waals surface area contributed by atoms with Gasteiger partial charge in [0.2, 0.25) is 0 Å². The Morgan fingerprint density at radius 1 is 0.941 bits per heavy atom. The van der Waals surface area contributed by atoms with Crippen molar-refractivity contribution in [3.8, 4) is 0 Å². The molecule has 1 rings (SSSR count). The van der Waals surface area contributed by atoms with Gasteiger partial charge in [-0.1, -0.05) is 0 Å². The number of benzene rings is 1. The molecule has 0 aliphatic rings. The number of hydrogen-bond acceptors (Lipinski definition) is 0. The Morgan fingerprint density at radius 3 is 1.94 bits per heavy atom. The van der Waals surface area contributed by atoms with E-state index in [9.17, 15) is 0 Å². The van der Waals surface area contributed by atoms with Gasteiger partial charge in [-0.3, -0.25) is 0 Å². The van der Waals surface area contributed by atoms with Crippen molar-refractivity contribution in [2.45, 2.75) is 59.3 Å². The molecule has 0 saturated carbocycles. The van der Waals surface area contributed by atoms with Crippen LogP contribution in [0.15, 0.2) is 30.3 Å². The monoisotopic (exact) mass is 339 g/mol. The minimum atomic E-state index is -1.20. The molecule has 1 atom stereocenters. The van der Waals surface area contributed by atoms with E-state index in [0.717, 1.165) is 3.93 Å². The predicted molar refractivity (Wildman–Crippen MR) is 80.0 cm³/mol. The van der Waals surface area contributed by atoms with Crippen LogP contribution in [0.3, 0.4) is 0 Å². The predicted octanol–water partition coefficient (Wildman–Crippen LogP) is 5.42. The van der Waals surface area contributed by atoms with Gasteiger partial charge in [-0.25, -0.2) is 0 Å². The molecule has 1 radical (unpaired) electrons. The number of hydrogen-bond donors (Lipinski definition) is 0. The van der Waals surface area contributed by atoms with Crippen molar-refractivity contribution in [3.05, 3.63) is 35.9 Å². The molecule has 0 fully saturated rings. The van der Waals surface area contributed by atoms with Crippen LogP contribution in [0.2, 0.25) is 8.87 Å². The van der Waals surface area contributed by atoms with E-state index >= 15 is 0 Å². The molecule has 0 aliphatic carbocycles. The third-order valence-electron chi connectivity index (χ3n) is 3.61. The van der Waals surface area contributed by atoms with Gasteiger partial charge in [0.15, 0.2) is 0 Å². The fraction of sp³-hybridized carbons (Fsp3) is 0.625. The molecule has 1 unspecified atom stereocenters. The Labute approximate surface area is 115 Å². The van der Waals surface area contributed by atoms with E-state index in [0.29, 0.717) is 0 Å². The summed E-state index contributed by atoms with van der Waals surface area (Å²) < 4.78 is 4.10. The summed E-state index contributed by atoms with van der Waals surface area (Å²) in [5.74, 6) is 0. The topological polar surface area (TPSA) is 0 Å². The van der Waals surface area contributed by atoms with Crippen molar-refractivity contribution in [2.24, 2.45) is 0 Å². The van der Waals surface area contributed by atoms with Gasteiger partial charge in [0, 0.05) is 0 Å². The van der Waals surface area contributed by atoms with E-state index in [1.807, 2.05) is 0 Å². The van der Waals surface area contributed by atoms with Crippen LogP contribution in [0.1, 0.15) is 56.0 Å². The molecule has 0 heterocycles. The average molecular weight is 338 g/mol. The summed E-state index contributed by atoms with van der Waals surface area (Å²) in [6.07, 6.45) is 5.68. The van der Waals surface area contributed by atoms with Crippen LogP contribution in [-0.4, -0.2) is 19.8 Å². The molecule has 0 nitrogen and oxygen atoms in total. The Bertz CT molecular complexity index is 273. The molecule has 1 aromatic carbocycles. The van der Waals surface area contributed by atoms with E-state index in [4.69, 9.17) is 0 Å². The van der Waals surface area contributed by atoms with Crippen LogP contribution >= 0.6 is 0 Å². The second-order valence-corrected chi connectivity index (χ2v) is 14.1. The van der Waals surface area contributed by atoms with Crippen molar-refractivity contribution in [1.29, 1.82) is 0 Å². The fourth-order valence-electron chi connectivity index (χ4n) is 2.34. The van der Waals surface area contributed by atoms with Gasteiger partial charge in [0.05, 0.1) is 0 Å². The Hall–Kier alpha value is 0.0187. The second kappa shape index (κ2) is 9.02. The first-order valence-electron chi connectivity index (χ1n) is 7.19. The summed E-state index contributed by atoms with van der Waals surface area (Å²) in [4.78, 5) is 0. The Balaban J connectivity index is 2.61. The molecule has 95 valence electrons. The van der Waals surface area contributed by atoms with Crippen LogP contribution in [-0.2, 0) is 0 Å². The maximum absolute atomic E-state index is 2.50. The fourth-order valence-corrected chi connectivity index (χ4v) is 12.0. The van der Waals surface area contributed by atoms with E-state index in [-0.39, 0.29) is 0 Å². The standard InChI is InChI=1S/C8H9.2C4H9.Sn/c1-2-8-6-4-3-5-7-8;2*1-3-4-2;/h2-7H,1H3;2*1,3-4H2,2H3;. The van der Waals surface area contributed by atoms with Crippen molar-refractivity contribution in [1.82, 2.24) is 0 Å². The SMILES string of the molecule is CCC[CH2][Sn]([CH2]CCC)[CH](C)c1ccccc1. The summed E-state index contributed by atoms with van der Waals surface area (Å²) in [6.45, 7) is 7.15. The van der Waals surface area contributed by atoms with Crippen molar-refractivity contribution in [3.63, 3.8) is 0 Å². The van der Waals surface area contributed by atoms with Crippen LogP contribution in [0, 0.1) is 0 Å². The van der Waals surface area contributed by atoms with Gasteiger partial charge in [0.25, 0.3) is 0 Å². The quantitative estimate of drug-likeness (QED) is 0.555. The first-order valence-corrected chi connectivity index (χ1v) is 12.9. The summed E-state index contributed by atoms with van der Waals surface area (Å²) >= 11 is -1.20. The number of unbranched alkanes of at least 4 members (excludes halogenated alkanes) is 2. The molecule has 0 bridgehead atoms. The minimum absolute atomic E-state index is 0.914. The first kappa shape index (κ1) is 15.1. The zero-order valence-electron chi connectivity index (χ0n) is 11.7. The molecule has 0 aromatic heterocycles. The molecular formula is C16H27Sn. The summed E-state index contributed by atoms with van der Waals surface area (Å²) in [7, 11) is 0. The molecule has 0 spiro atoms. The first-order chi connectivity index (χ1) is 8.29. The molecule has 0 saturated heterocycles. The Morgan fingerprint density at radius 2 is 1.47 bits per heavy atom. The van der Waals surface area contributed by atoms with Gasteiger partial charge in [-0.2, -0.15) is 0 Å². The van der Waals surface area contributed by atoms with Crippen molar-refractivity contribution >= 4 is 19.8 Å². The van der Waals surface area contributed by atoms with Crippen LogP contribution in [0.25, 0.3) is 0 Å². The van der Waals surface area contributed by atoms with Crippen LogP contribution in [0.5, 0.6) is 0 Å². The van der Waals surface area contributed by atoms with Gasteiger partial charge in [0.1, 0.15) is 0 Å². The molecule has 1 heteroatoms. The zero-order chi connectivity index (χ0) is 12.5. The Kier molecular flexibility index (Phi) is 8.00. The van der Waals surface area contributed by atoms with Crippen molar-refractivity contribution in [2.75, 3.05) is 0 Å². The average Bonchev–Trinajstić information content (AvgIpc) is 2.39. The third-order valence-corrected chi connectivity index (χ3v) is 13.7. The van der Waals surface area contributed by atoms with E-state index in [2.05, 4.69) is 51.1 Å². The molecule has 0 aliphatic heterocycles. The van der Waals surface area contributed by atoms with Gasteiger partial charge < -0.3 is 0 Å². The van der Waals surface area contributed by atoms with Crippen LogP contribution < -0.4 is 0 Å². The summed E-state index contributed by atoms with van der Waals surface area (Å²) in [5, 5.41) is 0. The summed E-state index contributed by atoms with van der Waals surface area (Å²) in [5.41, 5.74) is 1.61. The van der Waals surface area contributed by atoms with E-state index in [1.165, 1.54) is 25.7 Å². The van der Waals surface area contributed by atoms with Gasteiger partial charge in [-0.15, -0.1) is 0 Å². The van der Waals surface area contributed by atoms with Gasteiger partial charge >= 0.3 is 115 Å². The van der Waals surface area contributed by atoms with Gasteiger partial charge in [-0.05, 0) is 0 Å². The van der Waals surface area contributed by atoms with Crippen molar-refractivity contribution < 1.29 is 0 Å². The molecule has 0 N–H and O–H groups in total. The molecule has 0 amide bonds. The third kappa shape index (κ3) is 5.46. The number of rotatable bonds is 8. The second-order valence-electron chi connectivity index (χ2n) is 5.00. The normalized spacial score (nSPS) is 12.9. The zero-order valence-corrected chi connectivity index (χ0v) is 14.6. The molecular weight excluding hydrogens is 311 g/mol. The van der Waals surface area contributed by atoms with E-state index < -0.39 is 19.8 Å². The summed E-state index contributed by atoms with van der Waals surface area (Å²) in [6, 6.07) is 11.2. The van der Waals surface area contributed by atoms with Crippen LogP contribution in [0.4, 0.5) is 0 Å². The molecule has 1 aromatic rings. The maximum atomic E-state index is 2.50.